The van der Waals surface area contributed by atoms with Crippen molar-refractivity contribution >= 4 is 5.91 Å². The molecular formula is C10H17F3N2O2. The zero-order chi connectivity index (χ0) is 13.2. The Bertz CT molecular complexity index is 283. The summed E-state index contributed by atoms with van der Waals surface area (Å²) < 4.78 is 38.0. The van der Waals surface area contributed by atoms with Crippen molar-refractivity contribution < 1.29 is 23.1 Å². The molecule has 4 nitrogen and oxygen atoms in total. The maximum atomic E-state index is 12.7. The minimum Gasteiger partial charge on any atom is -0.396 e. The van der Waals surface area contributed by atoms with E-state index in [0.29, 0.717) is 0 Å². The van der Waals surface area contributed by atoms with Gasteiger partial charge in [0.25, 0.3) is 0 Å². The predicted molar refractivity (Wildman–Crippen MR) is 55.3 cm³/mol. The fraction of sp³-hybridized carbons (Fsp3) is 0.900. The van der Waals surface area contributed by atoms with Crippen molar-refractivity contribution in [1.29, 1.82) is 0 Å². The third-order valence-corrected chi connectivity index (χ3v) is 3.03. The second-order valence-corrected chi connectivity index (χ2v) is 4.41. The molecule has 0 aromatic carbocycles. The predicted octanol–water partition coefficient (Wildman–Crippen LogP) is 0.320. The van der Waals surface area contributed by atoms with Gasteiger partial charge in [0, 0.05) is 19.6 Å². The van der Waals surface area contributed by atoms with Crippen LogP contribution in [0.3, 0.4) is 0 Å². The Morgan fingerprint density at radius 3 is 2.53 bits per heavy atom. The Kier molecular flexibility index (Phi) is 4.37. The highest BCUT2D eigenvalue weighted by Crippen LogP contribution is 2.27. The molecule has 1 N–H and O–H groups in total. The van der Waals surface area contributed by atoms with Crippen molar-refractivity contribution in [3.05, 3.63) is 0 Å². The van der Waals surface area contributed by atoms with Gasteiger partial charge in [-0.3, -0.25) is 9.69 Å². The van der Waals surface area contributed by atoms with Crippen molar-refractivity contribution in [2.45, 2.75) is 19.1 Å². The number of carbonyl (C=O) groups excluding carboxylic acids is 1. The summed E-state index contributed by atoms with van der Waals surface area (Å²) >= 11 is 0. The Labute approximate surface area is 98.0 Å². The Morgan fingerprint density at radius 1 is 1.47 bits per heavy atom. The summed E-state index contributed by atoms with van der Waals surface area (Å²) in [5.41, 5.74) is 0. The molecule has 2 unspecified atom stereocenters. The first kappa shape index (κ1) is 14.2. The highest BCUT2D eigenvalue weighted by atomic mass is 19.4. The number of halogens is 3. The highest BCUT2D eigenvalue weighted by Gasteiger charge is 2.46. The van der Waals surface area contributed by atoms with Crippen LogP contribution in [0.1, 0.15) is 6.92 Å². The Hall–Kier alpha value is -0.820. The normalized spacial score (nSPS) is 24.8. The van der Waals surface area contributed by atoms with Gasteiger partial charge in [0.2, 0.25) is 5.91 Å². The molecule has 0 aliphatic carbocycles. The molecular weight excluding hydrogens is 237 g/mol. The van der Waals surface area contributed by atoms with Crippen molar-refractivity contribution in [1.82, 2.24) is 9.80 Å². The van der Waals surface area contributed by atoms with Gasteiger partial charge in [-0.2, -0.15) is 13.2 Å². The zero-order valence-electron chi connectivity index (χ0n) is 9.87. The van der Waals surface area contributed by atoms with Crippen molar-refractivity contribution in [2.75, 3.05) is 33.3 Å². The number of piperazine rings is 1. The van der Waals surface area contributed by atoms with E-state index in [2.05, 4.69) is 0 Å². The molecule has 1 heterocycles. The van der Waals surface area contributed by atoms with Crippen LogP contribution in [0.25, 0.3) is 0 Å². The van der Waals surface area contributed by atoms with Gasteiger partial charge in [0.1, 0.15) is 6.04 Å². The van der Waals surface area contributed by atoms with Crippen molar-refractivity contribution in [3.8, 4) is 0 Å². The second-order valence-electron chi connectivity index (χ2n) is 4.41. The molecule has 0 spiro atoms. The first-order chi connectivity index (χ1) is 7.77. The van der Waals surface area contributed by atoms with E-state index in [1.807, 2.05) is 0 Å². The van der Waals surface area contributed by atoms with Gasteiger partial charge in [-0.25, -0.2) is 0 Å². The van der Waals surface area contributed by atoms with Gasteiger partial charge in [0.15, 0.2) is 0 Å². The lowest BCUT2D eigenvalue weighted by Crippen LogP contribution is -2.59. The van der Waals surface area contributed by atoms with Gasteiger partial charge >= 0.3 is 6.18 Å². The summed E-state index contributed by atoms with van der Waals surface area (Å²) in [6, 6.07) is -1.62. The summed E-state index contributed by atoms with van der Waals surface area (Å²) in [5, 5.41) is 8.83. The number of aliphatic hydroxyl groups is 1. The average Bonchev–Trinajstić information content (AvgIpc) is 2.26. The lowest BCUT2D eigenvalue weighted by atomic mass is 10.1. The van der Waals surface area contributed by atoms with E-state index in [0.717, 1.165) is 0 Å². The third-order valence-electron chi connectivity index (χ3n) is 3.03. The molecule has 1 aliphatic heterocycles. The minimum atomic E-state index is -4.34. The molecule has 0 radical (unpaired) electrons. The SMILES string of the molecule is CC(CO)C(=O)N1CCN(C)C(C(F)(F)F)C1. The summed E-state index contributed by atoms with van der Waals surface area (Å²) in [6.45, 7) is 1.26. The molecule has 0 aromatic rings. The smallest absolute Gasteiger partial charge is 0.396 e. The number of amides is 1. The number of alkyl halides is 3. The first-order valence-electron chi connectivity index (χ1n) is 5.44. The van der Waals surface area contributed by atoms with Gasteiger partial charge in [-0.1, -0.05) is 6.92 Å². The average molecular weight is 254 g/mol. The van der Waals surface area contributed by atoms with E-state index in [-0.39, 0.29) is 26.2 Å². The van der Waals surface area contributed by atoms with Crippen LogP contribution < -0.4 is 0 Å². The molecule has 0 saturated carbocycles. The quantitative estimate of drug-likeness (QED) is 0.772. The van der Waals surface area contributed by atoms with Crippen LogP contribution in [-0.2, 0) is 4.79 Å². The maximum absolute atomic E-state index is 12.7. The van der Waals surface area contributed by atoms with Gasteiger partial charge in [0.05, 0.1) is 12.5 Å². The third kappa shape index (κ3) is 3.32. The lowest BCUT2D eigenvalue weighted by Gasteiger charge is -2.40. The fourth-order valence-corrected chi connectivity index (χ4v) is 1.82. The van der Waals surface area contributed by atoms with Crippen molar-refractivity contribution in [2.24, 2.45) is 5.92 Å². The van der Waals surface area contributed by atoms with Gasteiger partial charge < -0.3 is 10.0 Å². The van der Waals surface area contributed by atoms with Crippen LogP contribution >= 0.6 is 0 Å². The van der Waals surface area contributed by atoms with Gasteiger partial charge in [-0.05, 0) is 7.05 Å². The van der Waals surface area contributed by atoms with E-state index in [1.165, 1.54) is 23.8 Å². The van der Waals surface area contributed by atoms with Crippen LogP contribution in [0.15, 0.2) is 0 Å². The summed E-state index contributed by atoms with van der Waals surface area (Å²) in [4.78, 5) is 14.1. The maximum Gasteiger partial charge on any atom is 0.405 e. The number of rotatable bonds is 2. The molecule has 0 bridgehead atoms. The van der Waals surface area contributed by atoms with Crippen LogP contribution in [0.4, 0.5) is 13.2 Å². The monoisotopic (exact) mass is 254 g/mol. The number of aliphatic hydroxyl groups excluding tert-OH is 1. The fourth-order valence-electron chi connectivity index (χ4n) is 1.82. The van der Waals surface area contributed by atoms with Crippen LogP contribution in [-0.4, -0.2) is 66.3 Å². The van der Waals surface area contributed by atoms with E-state index >= 15 is 0 Å². The van der Waals surface area contributed by atoms with Gasteiger partial charge in [-0.15, -0.1) is 0 Å². The number of carbonyl (C=O) groups is 1. The zero-order valence-corrected chi connectivity index (χ0v) is 9.87. The summed E-state index contributed by atoms with van der Waals surface area (Å²) in [5.74, 6) is -1.07. The molecule has 17 heavy (non-hydrogen) atoms. The molecule has 100 valence electrons. The minimum absolute atomic E-state index is 0.189. The topological polar surface area (TPSA) is 43.8 Å². The van der Waals surface area contributed by atoms with E-state index in [9.17, 15) is 18.0 Å². The molecule has 1 rings (SSSR count). The lowest BCUT2D eigenvalue weighted by molar-refractivity contribution is -0.194. The van der Waals surface area contributed by atoms with E-state index in [4.69, 9.17) is 5.11 Å². The van der Waals surface area contributed by atoms with Crippen LogP contribution in [0, 0.1) is 5.92 Å². The molecule has 7 heteroatoms. The largest absolute Gasteiger partial charge is 0.405 e. The van der Waals surface area contributed by atoms with Crippen molar-refractivity contribution in [3.63, 3.8) is 0 Å². The van der Waals surface area contributed by atoms with Crippen LogP contribution in [0.5, 0.6) is 0 Å². The molecule has 1 aliphatic rings. The van der Waals surface area contributed by atoms with Crippen LogP contribution in [0.2, 0.25) is 0 Å². The molecule has 1 amide bonds. The summed E-state index contributed by atoms with van der Waals surface area (Å²) in [7, 11) is 1.40. The second kappa shape index (κ2) is 5.22. The Morgan fingerprint density at radius 2 is 2.06 bits per heavy atom. The first-order valence-corrected chi connectivity index (χ1v) is 5.44. The molecule has 2 atom stereocenters. The molecule has 1 saturated heterocycles. The summed E-state index contributed by atoms with van der Waals surface area (Å²) in [6.07, 6.45) is -4.34. The standard InChI is InChI=1S/C10H17F3N2O2/c1-7(6-16)9(17)15-4-3-14(2)8(5-15)10(11,12)13/h7-8,16H,3-6H2,1-2H3. The number of nitrogens with zero attached hydrogens (tertiary/aromatic N) is 2. The van der Waals surface area contributed by atoms with E-state index in [1.54, 1.807) is 0 Å². The number of likely N-dealkylation sites (N-methyl/N-ethyl adjacent to an activating group) is 1. The Balaban J connectivity index is 2.71. The van der Waals surface area contributed by atoms with E-state index < -0.39 is 24.0 Å². The number of hydrogen-bond donors (Lipinski definition) is 1. The highest BCUT2D eigenvalue weighted by molar-refractivity contribution is 5.78. The number of hydrogen-bond acceptors (Lipinski definition) is 3. The molecule has 1 fully saturated rings. The molecule has 0 aromatic heterocycles.